The quantitative estimate of drug-likeness (QED) is 0.545. The van der Waals surface area contributed by atoms with Crippen LogP contribution < -0.4 is 14.8 Å². The maximum absolute atomic E-state index is 12.8. The van der Waals surface area contributed by atoms with Gasteiger partial charge >= 0.3 is 0 Å². The van der Waals surface area contributed by atoms with Crippen LogP contribution in [0.2, 0.25) is 0 Å². The minimum Gasteiger partial charge on any atom is -0.490 e. The van der Waals surface area contributed by atoms with Crippen molar-refractivity contribution in [3.05, 3.63) is 58.5 Å². The van der Waals surface area contributed by atoms with E-state index in [4.69, 9.17) is 9.47 Å². The fourth-order valence-electron chi connectivity index (χ4n) is 2.98. The Morgan fingerprint density at radius 1 is 1.06 bits per heavy atom. The van der Waals surface area contributed by atoms with Crippen LogP contribution in [0.4, 0.5) is 10.5 Å². The number of ether oxygens (including phenoxy) is 2. The molecule has 0 spiro atoms. The van der Waals surface area contributed by atoms with Gasteiger partial charge in [0.1, 0.15) is 6.54 Å². The van der Waals surface area contributed by atoms with Gasteiger partial charge in [-0.1, -0.05) is 30.7 Å². The Balaban J connectivity index is 1.71. The molecule has 0 bridgehead atoms. The van der Waals surface area contributed by atoms with E-state index in [1.165, 1.54) is 0 Å². The molecule has 0 atom stereocenters. The summed E-state index contributed by atoms with van der Waals surface area (Å²) < 4.78 is 11.3. The largest absolute Gasteiger partial charge is 0.490 e. The van der Waals surface area contributed by atoms with Crippen molar-refractivity contribution in [2.24, 2.45) is 0 Å². The summed E-state index contributed by atoms with van der Waals surface area (Å²) >= 11 is 0.811. The van der Waals surface area contributed by atoms with Crippen LogP contribution in [-0.4, -0.2) is 41.7 Å². The number of aryl methyl sites for hydroxylation is 1. The number of thioether (sulfide) groups is 1. The predicted molar refractivity (Wildman–Crippen MR) is 126 cm³/mol. The third-order valence-electron chi connectivity index (χ3n) is 4.54. The van der Waals surface area contributed by atoms with Crippen LogP contribution in [0, 0.1) is 6.92 Å². The zero-order valence-electron chi connectivity index (χ0n) is 18.3. The van der Waals surface area contributed by atoms with Crippen LogP contribution in [0.5, 0.6) is 11.5 Å². The summed E-state index contributed by atoms with van der Waals surface area (Å²) in [5.74, 6) is 0.273. The van der Waals surface area contributed by atoms with Crippen LogP contribution in [0.15, 0.2) is 47.4 Å². The molecule has 0 unspecified atom stereocenters. The maximum atomic E-state index is 12.8. The lowest BCUT2D eigenvalue weighted by molar-refractivity contribution is -0.127. The second-order valence-electron chi connectivity index (χ2n) is 7.17. The lowest BCUT2D eigenvalue weighted by Gasteiger charge is -2.13. The summed E-state index contributed by atoms with van der Waals surface area (Å²) in [5.41, 5.74) is 2.38. The van der Waals surface area contributed by atoms with E-state index in [1.807, 2.05) is 32.9 Å². The molecule has 7 nitrogen and oxygen atoms in total. The number of benzene rings is 2. The Bertz CT molecular complexity index is 1030. The predicted octanol–water partition coefficient (Wildman–Crippen LogP) is 4.86. The molecule has 1 heterocycles. The first-order valence-electron chi connectivity index (χ1n) is 10.4. The van der Waals surface area contributed by atoms with E-state index in [2.05, 4.69) is 5.32 Å². The Morgan fingerprint density at radius 3 is 2.50 bits per heavy atom. The molecule has 0 aromatic heterocycles. The van der Waals surface area contributed by atoms with Crippen LogP contribution in [0.25, 0.3) is 6.08 Å². The van der Waals surface area contributed by atoms with Crippen LogP contribution in [0.3, 0.4) is 0 Å². The normalized spacial score (nSPS) is 14.7. The monoisotopic (exact) mass is 454 g/mol. The van der Waals surface area contributed by atoms with Crippen molar-refractivity contribution in [3.8, 4) is 11.5 Å². The number of amides is 3. The Morgan fingerprint density at radius 2 is 1.81 bits per heavy atom. The molecule has 168 valence electrons. The highest BCUT2D eigenvalue weighted by molar-refractivity contribution is 8.18. The van der Waals surface area contributed by atoms with E-state index in [0.29, 0.717) is 36.0 Å². The molecular weight excluding hydrogens is 428 g/mol. The van der Waals surface area contributed by atoms with Crippen LogP contribution >= 0.6 is 11.8 Å². The Labute approximate surface area is 191 Å². The molecule has 1 fully saturated rings. The van der Waals surface area contributed by atoms with E-state index < -0.39 is 17.1 Å². The molecule has 0 radical (unpaired) electrons. The number of nitrogens with one attached hydrogen (secondary N) is 1. The van der Waals surface area contributed by atoms with Crippen molar-refractivity contribution in [1.82, 2.24) is 4.90 Å². The highest BCUT2D eigenvalue weighted by Crippen LogP contribution is 2.34. The van der Waals surface area contributed by atoms with Crippen LogP contribution in [0.1, 0.15) is 31.4 Å². The molecule has 0 aliphatic carbocycles. The molecule has 3 amide bonds. The zero-order chi connectivity index (χ0) is 23.1. The van der Waals surface area contributed by atoms with Crippen molar-refractivity contribution < 1.29 is 23.9 Å². The number of hydrogen-bond acceptors (Lipinski definition) is 6. The van der Waals surface area contributed by atoms with Gasteiger partial charge in [0.15, 0.2) is 11.5 Å². The number of nitrogens with zero attached hydrogens (tertiary/aromatic N) is 1. The van der Waals surface area contributed by atoms with E-state index >= 15 is 0 Å². The van der Waals surface area contributed by atoms with Crippen molar-refractivity contribution in [2.75, 3.05) is 25.1 Å². The molecule has 1 aliphatic heterocycles. The summed E-state index contributed by atoms with van der Waals surface area (Å²) in [5, 5.41) is 2.22. The number of imide groups is 1. The fraction of sp³-hybridized carbons (Fsp3) is 0.292. The van der Waals surface area contributed by atoms with Gasteiger partial charge in [-0.2, -0.15) is 0 Å². The third-order valence-corrected chi connectivity index (χ3v) is 5.45. The summed E-state index contributed by atoms with van der Waals surface area (Å²) in [6, 6.07) is 12.6. The third kappa shape index (κ3) is 5.91. The van der Waals surface area contributed by atoms with Gasteiger partial charge < -0.3 is 14.8 Å². The van der Waals surface area contributed by atoms with E-state index in [1.54, 1.807) is 36.4 Å². The number of carbonyl (C=O) groups excluding carboxylic acids is 3. The lowest BCUT2D eigenvalue weighted by atomic mass is 10.2. The topological polar surface area (TPSA) is 84.9 Å². The molecule has 3 rings (SSSR count). The van der Waals surface area contributed by atoms with Crippen molar-refractivity contribution in [2.45, 2.75) is 27.2 Å². The summed E-state index contributed by atoms with van der Waals surface area (Å²) in [4.78, 5) is 38.6. The molecule has 1 aliphatic rings. The molecule has 1 N–H and O–H groups in total. The van der Waals surface area contributed by atoms with E-state index in [0.717, 1.165) is 28.6 Å². The Kier molecular flexibility index (Phi) is 7.94. The summed E-state index contributed by atoms with van der Waals surface area (Å²) in [6.45, 7) is 6.54. The Hall–Kier alpha value is -3.26. The van der Waals surface area contributed by atoms with Gasteiger partial charge in [0.05, 0.1) is 18.1 Å². The minimum atomic E-state index is -0.497. The average molecular weight is 455 g/mol. The average Bonchev–Trinajstić information content (AvgIpc) is 3.02. The van der Waals surface area contributed by atoms with Gasteiger partial charge in [0, 0.05) is 5.69 Å². The maximum Gasteiger partial charge on any atom is 0.294 e. The molecule has 2 aromatic rings. The molecule has 0 saturated carbocycles. The van der Waals surface area contributed by atoms with E-state index in [-0.39, 0.29) is 11.4 Å². The van der Waals surface area contributed by atoms with E-state index in [9.17, 15) is 14.4 Å². The van der Waals surface area contributed by atoms with Gasteiger partial charge in [-0.25, -0.2) is 0 Å². The summed E-state index contributed by atoms with van der Waals surface area (Å²) in [6.07, 6.45) is 2.49. The highest BCUT2D eigenvalue weighted by Gasteiger charge is 2.36. The smallest absolute Gasteiger partial charge is 0.294 e. The standard InChI is InChI=1S/C24H26N2O5S/c1-4-12-31-19-11-8-17(13-20(19)30-5-2)14-21-23(28)26(24(29)32-21)15-22(27)25-18-9-6-16(3)7-10-18/h6-11,13-14H,4-5,12,15H2,1-3H3,(H,25,27). The second-order valence-corrected chi connectivity index (χ2v) is 8.16. The number of rotatable bonds is 9. The lowest BCUT2D eigenvalue weighted by Crippen LogP contribution is -2.36. The molecule has 32 heavy (non-hydrogen) atoms. The zero-order valence-corrected chi connectivity index (χ0v) is 19.2. The molecule has 1 saturated heterocycles. The van der Waals surface area contributed by atoms with Gasteiger partial charge in [-0.15, -0.1) is 0 Å². The van der Waals surface area contributed by atoms with Crippen LogP contribution in [-0.2, 0) is 9.59 Å². The number of carbonyl (C=O) groups is 3. The first-order chi connectivity index (χ1) is 15.4. The molecule has 2 aromatic carbocycles. The minimum absolute atomic E-state index is 0.253. The van der Waals surface area contributed by atoms with Gasteiger partial charge in [-0.3, -0.25) is 19.3 Å². The van der Waals surface area contributed by atoms with Crippen molar-refractivity contribution >= 4 is 40.6 Å². The van der Waals surface area contributed by atoms with Crippen molar-refractivity contribution in [1.29, 1.82) is 0 Å². The van der Waals surface area contributed by atoms with Gasteiger partial charge in [0.25, 0.3) is 11.1 Å². The molecular formula is C24H26N2O5S. The number of hydrogen-bond donors (Lipinski definition) is 1. The highest BCUT2D eigenvalue weighted by atomic mass is 32.2. The second kappa shape index (κ2) is 10.9. The SMILES string of the molecule is CCCOc1ccc(C=C2SC(=O)N(CC(=O)Nc3ccc(C)cc3)C2=O)cc1OCC. The van der Waals surface area contributed by atoms with Crippen molar-refractivity contribution in [3.63, 3.8) is 0 Å². The summed E-state index contributed by atoms with van der Waals surface area (Å²) in [7, 11) is 0. The first kappa shape index (κ1) is 23.4. The fourth-order valence-corrected chi connectivity index (χ4v) is 3.82. The van der Waals surface area contributed by atoms with Gasteiger partial charge in [-0.05, 0) is 67.9 Å². The molecule has 8 heteroatoms. The first-order valence-corrected chi connectivity index (χ1v) is 11.2. The number of anilines is 1. The van der Waals surface area contributed by atoms with Gasteiger partial charge in [0.2, 0.25) is 5.91 Å².